The standard InChI is InChI=1S/C22H36O6/c1-2-3-4-5-9-12-24-13-14-25-15-16-26-17-18-27-19-20-28-22(23)21-10-7-6-8-11-21/h6-8,10-11H,2-5,9,12-20H2,1H3. The van der Waals surface area contributed by atoms with E-state index in [-0.39, 0.29) is 12.6 Å². The molecular formula is C22H36O6. The first-order valence-electron chi connectivity index (χ1n) is 10.4. The molecular weight excluding hydrogens is 360 g/mol. The van der Waals surface area contributed by atoms with Gasteiger partial charge < -0.3 is 23.7 Å². The maximum atomic E-state index is 11.7. The maximum Gasteiger partial charge on any atom is 0.338 e. The van der Waals surface area contributed by atoms with Crippen LogP contribution in [0.3, 0.4) is 0 Å². The van der Waals surface area contributed by atoms with Crippen LogP contribution in [-0.4, -0.2) is 65.4 Å². The van der Waals surface area contributed by atoms with Crippen molar-refractivity contribution < 1.29 is 28.5 Å². The van der Waals surface area contributed by atoms with E-state index in [4.69, 9.17) is 23.7 Å². The zero-order valence-corrected chi connectivity index (χ0v) is 17.2. The van der Waals surface area contributed by atoms with E-state index in [1.54, 1.807) is 24.3 Å². The van der Waals surface area contributed by atoms with Gasteiger partial charge in [0.2, 0.25) is 0 Å². The summed E-state index contributed by atoms with van der Waals surface area (Å²) in [5.41, 5.74) is 0.545. The van der Waals surface area contributed by atoms with Gasteiger partial charge in [-0.3, -0.25) is 0 Å². The minimum Gasteiger partial charge on any atom is -0.460 e. The molecule has 0 amide bonds. The van der Waals surface area contributed by atoms with Crippen LogP contribution in [0.4, 0.5) is 0 Å². The molecule has 0 atom stereocenters. The predicted molar refractivity (Wildman–Crippen MR) is 109 cm³/mol. The van der Waals surface area contributed by atoms with Gasteiger partial charge >= 0.3 is 5.97 Å². The summed E-state index contributed by atoms with van der Waals surface area (Å²) in [6, 6.07) is 8.91. The Bertz CT molecular complexity index is 465. The fourth-order valence-corrected chi connectivity index (χ4v) is 2.42. The Morgan fingerprint density at radius 2 is 1.14 bits per heavy atom. The number of rotatable bonds is 19. The minimum absolute atomic E-state index is 0.232. The largest absolute Gasteiger partial charge is 0.460 e. The lowest BCUT2D eigenvalue weighted by Crippen LogP contribution is -2.14. The quantitative estimate of drug-likeness (QED) is 0.261. The smallest absolute Gasteiger partial charge is 0.338 e. The Balaban J connectivity index is 1.74. The summed E-state index contributed by atoms with van der Waals surface area (Å²) in [7, 11) is 0. The lowest BCUT2D eigenvalue weighted by molar-refractivity contribution is -0.00913. The number of esters is 1. The van der Waals surface area contributed by atoms with Gasteiger partial charge in [-0.25, -0.2) is 4.79 Å². The van der Waals surface area contributed by atoms with Crippen molar-refractivity contribution in [1.82, 2.24) is 0 Å². The SMILES string of the molecule is CCCCCCCOCCOCCOCCOCCOC(=O)c1ccccc1. The molecule has 0 heterocycles. The third-order valence-corrected chi connectivity index (χ3v) is 3.98. The second-order valence-electron chi connectivity index (χ2n) is 6.37. The van der Waals surface area contributed by atoms with Crippen LogP contribution in [0.25, 0.3) is 0 Å². The van der Waals surface area contributed by atoms with E-state index in [9.17, 15) is 4.79 Å². The lowest BCUT2D eigenvalue weighted by Gasteiger charge is -2.08. The molecule has 6 heteroatoms. The normalized spacial score (nSPS) is 10.9. The molecule has 0 spiro atoms. The summed E-state index contributed by atoms with van der Waals surface area (Å²) in [6.45, 7) is 6.90. The fraction of sp³-hybridized carbons (Fsp3) is 0.682. The second kappa shape index (κ2) is 18.9. The molecule has 0 saturated heterocycles. The van der Waals surface area contributed by atoms with Crippen molar-refractivity contribution >= 4 is 5.97 Å². The lowest BCUT2D eigenvalue weighted by atomic mass is 10.2. The van der Waals surface area contributed by atoms with E-state index in [1.807, 2.05) is 6.07 Å². The minimum atomic E-state index is -0.335. The number of ether oxygens (including phenoxy) is 5. The number of benzene rings is 1. The van der Waals surface area contributed by atoms with Crippen LogP contribution >= 0.6 is 0 Å². The molecule has 160 valence electrons. The van der Waals surface area contributed by atoms with Crippen molar-refractivity contribution in [2.75, 3.05) is 59.5 Å². The first-order valence-corrected chi connectivity index (χ1v) is 10.4. The van der Waals surface area contributed by atoms with E-state index in [0.717, 1.165) is 13.0 Å². The monoisotopic (exact) mass is 396 g/mol. The second-order valence-corrected chi connectivity index (χ2v) is 6.37. The van der Waals surface area contributed by atoms with Gasteiger partial charge in [0.1, 0.15) is 6.61 Å². The van der Waals surface area contributed by atoms with Gasteiger partial charge in [-0.05, 0) is 18.6 Å². The van der Waals surface area contributed by atoms with Crippen LogP contribution in [0.5, 0.6) is 0 Å². The summed E-state index contributed by atoms with van der Waals surface area (Å²) in [5.74, 6) is -0.335. The molecule has 0 unspecified atom stereocenters. The zero-order valence-electron chi connectivity index (χ0n) is 17.2. The zero-order chi connectivity index (χ0) is 20.1. The highest BCUT2D eigenvalue weighted by atomic mass is 16.6. The van der Waals surface area contributed by atoms with Gasteiger partial charge in [0.15, 0.2) is 0 Å². The molecule has 1 aromatic carbocycles. The van der Waals surface area contributed by atoms with E-state index < -0.39 is 0 Å². The Morgan fingerprint density at radius 1 is 0.643 bits per heavy atom. The summed E-state index contributed by atoms with van der Waals surface area (Å²) < 4.78 is 26.9. The number of hydrogen-bond acceptors (Lipinski definition) is 6. The number of unbranched alkanes of at least 4 members (excludes halogenated alkanes) is 4. The molecule has 6 nitrogen and oxygen atoms in total. The average Bonchev–Trinajstić information content (AvgIpc) is 2.73. The van der Waals surface area contributed by atoms with E-state index in [1.165, 1.54) is 25.7 Å². The van der Waals surface area contributed by atoms with Gasteiger partial charge in [0, 0.05) is 6.61 Å². The Hall–Kier alpha value is -1.47. The van der Waals surface area contributed by atoms with E-state index >= 15 is 0 Å². The molecule has 0 aliphatic carbocycles. The highest BCUT2D eigenvalue weighted by molar-refractivity contribution is 5.89. The van der Waals surface area contributed by atoms with Crippen molar-refractivity contribution in [3.8, 4) is 0 Å². The van der Waals surface area contributed by atoms with Gasteiger partial charge in [-0.2, -0.15) is 0 Å². The predicted octanol–water partition coefficient (Wildman–Crippen LogP) is 3.88. The summed E-state index contributed by atoms with van der Waals surface area (Å²) in [4.78, 5) is 11.7. The van der Waals surface area contributed by atoms with Crippen molar-refractivity contribution in [2.45, 2.75) is 39.0 Å². The first kappa shape index (κ1) is 24.6. The van der Waals surface area contributed by atoms with Crippen molar-refractivity contribution in [1.29, 1.82) is 0 Å². The van der Waals surface area contributed by atoms with E-state index in [2.05, 4.69) is 6.92 Å². The highest BCUT2D eigenvalue weighted by Gasteiger charge is 2.04. The summed E-state index contributed by atoms with van der Waals surface area (Å²) in [5, 5.41) is 0. The van der Waals surface area contributed by atoms with Crippen LogP contribution < -0.4 is 0 Å². The van der Waals surface area contributed by atoms with Gasteiger partial charge in [-0.1, -0.05) is 50.8 Å². The molecule has 0 aromatic heterocycles. The van der Waals surface area contributed by atoms with Crippen LogP contribution in [-0.2, 0) is 23.7 Å². The number of hydrogen-bond donors (Lipinski definition) is 0. The van der Waals surface area contributed by atoms with Crippen LogP contribution in [0.15, 0.2) is 30.3 Å². The van der Waals surface area contributed by atoms with Gasteiger partial charge in [-0.15, -0.1) is 0 Å². The fourth-order valence-electron chi connectivity index (χ4n) is 2.42. The van der Waals surface area contributed by atoms with Gasteiger partial charge in [0.25, 0.3) is 0 Å². The summed E-state index contributed by atoms with van der Waals surface area (Å²) >= 11 is 0. The third-order valence-electron chi connectivity index (χ3n) is 3.98. The molecule has 0 radical (unpaired) electrons. The third kappa shape index (κ3) is 14.6. The van der Waals surface area contributed by atoms with Crippen molar-refractivity contribution in [2.24, 2.45) is 0 Å². The number of carbonyl (C=O) groups is 1. The number of carbonyl (C=O) groups excluding carboxylic acids is 1. The molecule has 0 fully saturated rings. The Labute approximate surface area is 169 Å². The van der Waals surface area contributed by atoms with Crippen LogP contribution in [0.2, 0.25) is 0 Å². The molecule has 0 aliphatic heterocycles. The molecule has 0 saturated carbocycles. The van der Waals surface area contributed by atoms with Gasteiger partial charge in [0.05, 0.1) is 51.8 Å². The molecule has 28 heavy (non-hydrogen) atoms. The van der Waals surface area contributed by atoms with Crippen molar-refractivity contribution in [3.63, 3.8) is 0 Å². The molecule has 0 bridgehead atoms. The molecule has 0 N–H and O–H groups in total. The maximum absolute atomic E-state index is 11.7. The van der Waals surface area contributed by atoms with Crippen molar-refractivity contribution in [3.05, 3.63) is 35.9 Å². The van der Waals surface area contributed by atoms with Crippen LogP contribution in [0, 0.1) is 0 Å². The average molecular weight is 397 g/mol. The topological polar surface area (TPSA) is 63.2 Å². The van der Waals surface area contributed by atoms with Crippen LogP contribution in [0.1, 0.15) is 49.4 Å². The Morgan fingerprint density at radius 3 is 1.71 bits per heavy atom. The first-order chi connectivity index (χ1) is 13.8. The summed E-state index contributed by atoms with van der Waals surface area (Å²) in [6.07, 6.45) is 6.27. The molecule has 1 rings (SSSR count). The molecule has 0 aliphatic rings. The Kier molecular flexibility index (Phi) is 16.6. The highest BCUT2D eigenvalue weighted by Crippen LogP contribution is 2.02. The van der Waals surface area contributed by atoms with E-state index in [0.29, 0.717) is 51.8 Å². The molecule has 1 aromatic rings.